The Kier molecular flexibility index (Phi) is 3.61. The number of benzene rings is 1. The molecule has 16 heavy (non-hydrogen) atoms. The molecule has 1 aromatic carbocycles. The van der Waals surface area contributed by atoms with Crippen LogP contribution in [0.5, 0.6) is 0 Å². The van der Waals surface area contributed by atoms with Gasteiger partial charge in [-0.3, -0.25) is 0 Å². The molecule has 0 saturated carbocycles. The summed E-state index contributed by atoms with van der Waals surface area (Å²) in [5, 5.41) is 0.940. The normalized spacial score (nSPS) is 10.4. The molecular formula is C12H9BrFNS. The van der Waals surface area contributed by atoms with Crippen molar-refractivity contribution in [1.82, 2.24) is 4.98 Å². The Morgan fingerprint density at radius 1 is 1.25 bits per heavy atom. The van der Waals surface area contributed by atoms with Gasteiger partial charge in [-0.25, -0.2) is 9.37 Å². The fraction of sp³-hybridized carbons (Fsp3) is 0.0833. The molecule has 1 heterocycles. The lowest BCUT2D eigenvalue weighted by Gasteiger charge is -2.04. The van der Waals surface area contributed by atoms with E-state index in [0.717, 1.165) is 20.0 Å². The second-order valence-corrected chi connectivity index (χ2v) is 5.31. The van der Waals surface area contributed by atoms with Crippen molar-refractivity contribution in [2.24, 2.45) is 0 Å². The average molecular weight is 298 g/mol. The highest BCUT2D eigenvalue weighted by atomic mass is 79.9. The van der Waals surface area contributed by atoms with Gasteiger partial charge in [-0.15, -0.1) is 0 Å². The summed E-state index contributed by atoms with van der Waals surface area (Å²) in [5.74, 6) is -0.218. The van der Waals surface area contributed by atoms with Crippen LogP contribution in [0.3, 0.4) is 0 Å². The lowest BCUT2D eigenvalue weighted by Crippen LogP contribution is -1.85. The fourth-order valence-electron chi connectivity index (χ4n) is 1.25. The number of hydrogen-bond donors (Lipinski definition) is 0. The maximum absolute atomic E-state index is 12.7. The van der Waals surface area contributed by atoms with Crippen molar-refractivity contribution in [3.05, 3.63) is 52.4 Å². The molecule has 0 aliphatic carbocycles. The van der Waals surface area contributed by atoms with E-state index in [4.69, 9.17) is 0 Å². The van der Waals surface area contributed by atoms with Gasteiger partial charge in [0.05, 0.1) is 0 Å². The van der Waals surface area contributed by atoms with Crippen LogP contribution in [0.25, 0.3) is 0 Å². The zero-order valence-corrected chi connectivity index (χ0v) is 11.0. The molecule has 0 aliphatic heterocycles. The van der Waals surface area contributed by atoms with Gasteiger partial charge in [0.1, 0.15) is 10.8 Å². The predicted octanol–water partition coefficient (Wildman–Crippen LogP) is 4.44. The van der Waals surface area contributed by atoms with Crippen LogP contribution in [0.4, 0.5) is 4.39 Å². The third-order valence-electron chi connectivity index (χ3n) is 2.03. The first kappa shape index (κ1) is 11.6. The molecule has 1 aromatic heterocycles. The molecule has 0 amide bonds. The zero-order valence-electron chi connectivity index (χ0n) is 8.58. The van der Waals surface area contributed by atoms with Gasteiger partial charge in [0, 0.05) is 15.6 Å². The topological polar surface area (TPSA) is 12.9 Å². The molecule has 4 heteroatoms. The maximum atomic E-state index is 12.7. The van der Waals surface area contributed by atoms with Crippen LogP contribution >= 0.6 is 27.7 Å². The third-order valence-corrected chi connectivity index (χ3v) is 3.59. The summed E-state index contributed by atoms with van der Waals surface area (Å²) in [6, 6.07) is 8.43. The van der Waals surface area contributed by atoms with Gasteiger partial charge in [0.2, 0.25) is 0 Å². The standard InChI is InChI=1S/C12H9BrFNS/c1-8-6-9(13)7-15-12(8)16-11-4-2-10(14)3-5-11/h2-7H,1H3. The summed E-state index contributed by atoms with van der Waals surface area (Å²) in [7, 11) is 0. The maximum Gasteiger partial charge on any atom is 0.123 e. The first-order chi connectivity index (χ1) is 7.65. The lowest BCUT2D eigenvalue weighted by molar-refractivity contribution is 0.626. The number of hydrogen-bond acceptors (Lipinski definition) is 2. The molecule has 0 aliphatic rings. The minimum absolute atomic E-state index is 0.218. The molecule has 0 spiro atoms. The molecule has 0 unspecified atom stereocenters. The number of pyridine rings is 1. The minimum atomic E-state index is -0.218. The Bertz CT molecular complexity index is 499. The summed E-state index contributed by atoms with van der Waals surface area (Å²) in [6.07, 6.45) is 1.76. The van der Waals surface area contributed by atoms with Crippen molar-refractivity contribution >= 4 is 27.7 Å². The van der Waals surface area contributed by atoms with E-state index >= 15 is 0 Å². The Labute approximate surface area is 106 Å². The molecule has 0 radical (unpaired) electrons. The number of aromatic nitrogens is 1. The van der Waals surface area contributed by atoms with E-state index in [-0.39, 0.29) is 5.82 Å². The first-order valence-corrected chi connectivity index (χ1v) is 6.31. The predicted molar refractivity (Wildman–Crippen MR) is 67.2 cm³/mol. The van der Waals surface area contributed by atoms with E-state index < -0.39 is 0 Å². The molecule has 0 N–H and O–H groups in total. The van der Waals surface area contributed by atoms with Gasteiger partial charge in [-0.1, -0.05) is 11.8 Å². The summed E-state index contributed by atoms with van der Waals surface area (Å²) in [4.78, 5) is 5.30. The average Bonchev–Trinajstić information content (AvgIpc) is 2.25. The molecule has 0 saturated heterocycles. The van der Waals surface area contributed by atoms with Crippen LogP contribution < -0.4 is 0 Å². The monoisotopic (exact) mass is 297 g/mol. The molecule has 0 fully saturated rings. The van der Waals surface area contributed by atoms with Gasteiger partial charge >= 0.3 is 0 Å². The van der Waals surface area contributed by atoms with E-state index in [1.807, 2.05) is 13.0 Å². The van der Waals surface area contributed by atoms with Crippen LogP contribution in [0.2, 0.25) is 0 Å². The first-order valence-electron chi connectivity index (χ1n) is 4.71. The smallest absolute Gasteiger partial charge is 0.123 e. The highest BCUT2D eigenvalue weighted by molar-refractivity contribution is 9.10. The fourth-order valence-corrected chi connectivity index (χ4v) is 2.52. The van der Waals surface area contributed by atoms with Crippen LogP contribution in [0, 0.1) is 12.7 Å². The van der Waals surface area contributed by atoms with E-state index in [0.29, 0.717) is 0 Å². The zero-order chi connectivity index (χ0) is 11.5. The molecular weight excluding hydrogens is 289 g/mol. The van der Waals surface area contributed by atoms with Crippen LogP contribution in [-0.4, -0.2) is 4.98 Å². The molecule has 0 bridgehead atoms. The number of aryl methyl sites for hydroxylation is 1. The molecule has 2 rings (SSSR count). The van der Waals surface area contributed by atoms with E-state index in [1.54, 1.807) is 18.3 Å². The second kappa shape index (κ2) is 4.97. The summed E-state index contributed by atoms with van der Waals surface area (Å²) >= 11 is 4.90. The van der Waals surface area contributed by atoms with Gasteiger partial charge in [-0.2, -0.15) is 0 Å². The van der Waals surface area contributed by atoms with Crippen molar-refractivity contribution in [3.8, 4) is 0 Å². The van der Waals surface area contributed by atoms with Gasteiger partial charge < -0.3 is 0 Å². The Morgan fingerprint density at radius 2 is 1.94 bits per heavy atom. The SMILES string of the molecule is Cc1cc(Br)cnc1Sc1ccc(F)cc1. The van der Waals surface area contributed by atoms with E-state index in [9.17, 15) is 4.39 Å². The van der Waals surface area contributed by atoms with Crippen molar-refractivity contribution in [3.63, 3.8) is 0 Å². The second-order valence-electron chi connectivity index (χ2n) is 3.33. The minimum Gasteiger partial charge on any atom is -0.248 e. The van der Waals surface area contributed by atoms with Crippen LogP contribution in [-0.2, 0) is 0 Å². The Morgan fingerprint density at radius 3 is 2.56 bits per heavy atom. The number of nitrogens with zero attached hydrogens (tertiary/aromatic N) is 1. The number of halogens is 2. The molecule has 0 atom stereocenters. The summed E-state index contributed by atoms with van der Waals surface area (Å²) < 4.78 is 13.7. The Balaban J connectivity index is 2.23. The van der Waals surface area contributed by atoms with Crippen molar-refractivity contribution in [1.29, 1.82) is 0 Å². The van der Waals surface area contributed by atoms with E-state index in [2.05, 4.69) is 20.9 Å². The van der Waals surface area contributed by atoms with Gasteiger partial charge in [0.25, 0.3) is 0 Å². The van der Waals surface area contributed by atoms with Crippen LogP contribution in [0.1, 0.15) is 5.56 Å². The van der Waals surface area contributed by atoms with Crippen molar-refractivity contribution in [2.45, 2.75) is 16.8 Å². The molecule has 2 aromatic rings. The lowest BCUT2D eigenvalue weighted by atomic mass is 10.3. The largest absolute Gasteiger partial charge is 0.248 e. The van der Waals surface area contributed by atoms with E-state index in [1.165, 1.54) is 23.9 Å². The summed E-state index contributed by atoms with van der Waals surface area (Å²) in [6.45, 7) is 2.00. The molecule has 1 nitrogen and oxygen atoms in total. The highest BCUT2D eigenvalue weighted by Crippen LogP contribution is 2.29. The third kappa shape index (κ3) is 2.83. The number of rotatable bonds is 2. The highest BCUT2D eigenvalue weighted by Gasteiger charge is 2.03. The summed E-state index contributed by atoms with van der Waals surface area (Å²) in [5.41, 5.74) is 1.10. The Hall–Kier alpha value is -0.870. The van der Waals surface area contributed by atoms with Gasteiger partial charge in [0.15, 0.2) is 0 Å². The molecule has 82 valence electrons. The quantitative estimate of drug-likeness (QED) is 0.813. The van der Waals surface area contributed by atoms with Crippen molar-refractivity contribution < 1.29 is 4.39 Å². The van der Waals surface area contributed by atoms with Gasteiger partial charge in [-0.05, 0) is 58.7 Å². The van der Waals surface area contributed by atoms with Crippen molar-refractivity contribution in [2.75, 3.05) is 0 Å². The van der Waals surface area contributed by atoms with Crippen LogP contribution in [0.15, 0.2) is 50.9 Å².